The van der Waals surface area contributed by atoms with Gasteiger partial charge in [0.25, 0.3) is 0 Å². The third-order valence-electron chi connectivity index (χ3n) is 2.34. The molecule has 0 aliphatic heterocycles. The molecular formula is C14H21F4NOS. The second-order valence-corrected chi connectivity index (χ2v) is 6.07. The maximum atomic E-state index is 12.9. The summed E-state index contributed by atoms with van der Waals surface area (Å²) in [6.07, 6.45) is -4.60. The molecule has 0 radical (unpaired) electrons. The number of aryl methyl sites for hydroxylation is 1. The highest BCUT2D eigenvalue weighted by atomic mass is 32.2. The van der Waals surface area contributed by atoms with E-state index in [9.17, 15) is 21.8 Å². The van der Waals surface area contributed by atoms with Crippen LogP contribution < -0.4 is 4.72 Å². The van der Waals surface area contributed by atoms with E-state index < -0.39 is 34.9 Å². The van der Waals surface area contributed by atoms with Crippen molar-refractivity contribution < 1.29 is 21.8 Å². The zero-order chi connectivity index (χ0) is 16.8. The first kappa shape index (κ1) is 20.1. The molecule has 0 aliphatic carbocycles. The van der Waals surface area contributed by atoms with Crippen molar-refractivity contribution in [2.24, 2.45) is 0 Å². The smallest absolute Gasteiger partial charge is 0.249 e. The fourth-order valence-corrected chi connectivity index (χ4v) is 2.59. The fourth-order valence-electron chi connectivity index (χ4n) is 1.36. The van der Waals surface area contributed by atoms with E-state index in [1.165, 1.54) is 26.8 Å². The molecule has 0 saturated carbocycles. The molecule has 0 amide bonds. The standard InChI is InChI=1S/C12H15F4NOS.C2H6/c1-8-4-5-10(9(6-8)12(14,15)16)19(18)17-11(2,3)7-13;1-2/h4-6,17H,7H2,1-3H3;1-2H3. The maximum Gasteiger partial charge on any atom is 0.417 e. The number of nitrogens with one attached hydrogen (secondary N) is 1. The minimum atomic E-state index is -4.60. The summed E-state index contributed by atoms with van der Waals surface area (Å²) in [6.45, 7) is 7.52. The molecule has 1 unspecified atom stereocenters. The van der Waals surface area contributed by atoms with Gasteiger partial charge in [-0.1, -0.05) is 25.5 Å². The molecule has 2 nitrogen and oxygen atoms in total. The predicted octanol–water partition coefficient (Wildman–Crippen LogP) is 4.40. The molecule has 1 aromatic carbocycles. The minimum absolute atomic E-state index is 0.389. The normalized spacial score (nSPS) is 13.4. The van der Waals surface area contributed by atoms with Crippen molar-refractivity contribution in [1.29, 1.82) is 0 Å². The fraction of sp³-hybridized carbons (Fsp3) is 0.571. The van der Waals surface area contributed by atoms with Crippen molar-refractivity contribution >= 4 is 11.0 Å². The van der Waals surface area contributed by atoms with Gasteiger partial charge in [0, 0.05) is 0 Å². The summed E-state index contributed by atoms with van der Waals surface area (Å²) in [6, 6.07) is 3.51. The van der Waals surface area contributed by atoms with E-state index in [1.54, 1.807) is 0 Å². The Kier molecular flexibility index (Phi) is 7.53. The second kappa shape index (κ2) is 7.89. The van der Waals surface area contributed by atoms with Crippen molar-refractivity contribution in [3.63, 3.8) is 0 Å². The molecule has 0 saturated heterocycles. The molecule has 0 fully saturated rings. The summed E-state index contributed by atoms with van der Waals surface area (Å²) in [5.74, 6) is 0. The lowest BCUT2D eigenvalue weighted by molar-refractivity contribution is -0.139. The number of halogens is 4. The zero-order valence-corrected chi connectivity index (χ0v) is 13.6. The van der Waals surface area contributed by atoms with Crippen LogP contribution in [0.3, 0.4) is 0 Å². The highest BCUT2D eigenvalue weighted by Crippen LogP contribution is 2.34. The Morgan fingerprint density at radius 3 is 2.14 bits per heavy atom. The van der Waals surface area contributed by atoms with Crippen molar-refractivity contribution in [3.8, 4) is 0 Å². The quantitative estimate of drug-likeness (QED) is 0.816. The molecular weight excluding hydrogens is 306 g/mol. The van der Waals surface area contributed by atoms with Gasteiger partial charge in [0.2, 0.25) is 0 Å². The molecule has 0 aliphatic rings. The van der Waals surface area contributed by atoms with Gasteiger partial charge in [-0.05, 0) is 32.9 Å². The Morgan fingerprint density at radius 1 is 1.19 bits per heavy atom. The van der Waals surface area contributed by atoms with E-state index in [2.05, 4.69) is 4.72 Å². The molecule has 1 rings (SSSR count). The van der Waals surface area contributed by atoms with Crippen LogP contribution in [0.15, 0.2) is 23.1 Å². The Bertz CT molecular complexity index is 486. The van der Waals surface area contributed by atoms with Gasteiger partial charge in [-0.15, -0.1) is 0 Å². The predicted molar refractivity (Wildman–Crippen MR) is 77.1 cm³/mol. The molecule has 7 heteroatoms. The van der Waals surface area contributed by atoms with Gasteiger partial charge in [-0.25, -0.2) is 13.3 Å². The average molecular weight is 327 g/mol. The molecule has 122 valence electrons. The molecule has 1 N–H and O–H groups in total. The van der Waals surface area contributed by atoms with E-state index in [4.69, 9.17) is 0 Å². The van der Waals surface area contributed by atoms with Gasteiger partial charge in [0.05, 0.1) is 16.0 Å². The summed E-state index contributed by atoms with van der Waals surface area (Å²) in [5, 5.41) is 0. The van der Waals surface area contributed by atoms with Crippen LogP contribution in [0.2, 0.25) is 0 Å². The monoisotopic (exact) mass is 327 g/mol. The highest BCUT2D eigenvalue weighted by molar-refractivity contribution is 7.83. The molecule has 1 aromatic rings. The van der Waals surface area contributed by atoms with Crippen LogP contribution in [0.25, 0.3) is 0 Å². The average Bonchev–Trinajstić information content (AvgIpc) is 2.39. The molecule has 0 aromatic heterocycles. The number of benzene rings is 1. The second-order valence-electron chi connectivity index (χ2n) is 4.89. The minimum Gasteiger partial charge on any atom is -0.249 e. The van der Waals surface area contributed by atoms with Crippen LogP contribution in [0, 0.1) is 6.92 Å². The van der Waals surface area contributed by atoms with Gasteiger partial charge in [-0.2, -0.15) is 13.2 Å². The van der Waals surface area contributed by atoms with Gasteiger partial charge in [0.1, 0.15) is 17.7 Å². The van der Waals surface area contributed by atoms with Crippen LogP contribution in [0.5, 0.6) is 0 Å². The Hall–Kier alpha value is -0.950. The molecule has 0 heterocycles. The van der Waals surface area contributed by atoms with Crippen molar-refractivity contribution in [2.75, 3.05) is 6.67 Å². The third-order valence-corrected chi connectivity index (χ3v) is 3.84. The van der Waals surface area contributed by atoms with Crippen LogP contribution in [0.1, 0.15) is 38.8 Å². The largest absolute Gasteiger partial charge is 0.417 e. The summed E-state index contributed by atoms with van der Waals surface area (Å²) < 4.78 is 65.5. The Balaban J connectivity index is 0.00000191. The number of hydrogen-bond donors (Lipinski definition) is 1. The SMILES string of the molecule is CC.Cc1ccc(S(=O)NC(C)(C)CF)c(C(F)(F)F)c1. The Morgan fingerprint density at radius 2 is 1.71 bits per heavy atom. The lowest BCUT2D eigenvalue weighted by Gasteiger charge is -2.22. The lowest BCUT2D eigenvalue weighted by atomic mass is 10.1. The number of rotatable bonds is 4. The van der Waals surface area contributed by atoms with E-state index >= 15 is 0 Å². The number of alkyl halides is 4. The van der Waals surface area contributed by atoms with Crippen LogP contribution in [-0.2, 0) is 17.2 Å². The summed E-state index contributed by atoms with van der Waals surface area (Å²) in [7, 11) is -2.13. The molecule has 0 spiro atoms. The maximum absolute atomic E-state index is 12.9. The van der Waals surface area contributed by atoms with Gasteiger partial charge in [-0.3, -0.25) is 0 Å². The Labute approximate surface area is 125 Å². The van der Waals surface area contributed by atoms with Crippen molar-refractivity contribution in [3.05, 3.63) is 29.3 Å². The summed E-state index contributed by atoms with van der Waals surface area (Å²) in [4.78, 5) is -0.389. The van der Waals surface area contributed by atoms with Crippen molar-refractivity contribution in [2.45, 2.75) is 51.2 Å². The van der Waals surface area contributed by atoms with Gasteiger partial charge >= 0.3 is 6.18 Å². The lowest BCUT2D eigenvalue weighted by Crippen LogP contribution is -2.42. The number of hydrogen-bond acceptors (Lipinski definition) is 1. The molecule has 0 bridgehead atoms. The van der Waals surface area contributed by atoms with Gasteiger partial charge in [0.15, 0.2) is 0 Å². The first-order chi connectivity index (χ1) is 9.57. The van der Waals surface area contributed by atoms with Crippen LogP contribution in [0.4, 0.5) is 17.6 Å². The zero-order valence-electron chi connectivity index (χ0n) is 12.8. The topological polar surface area (TPSA) is 29.1 Å². The van der Waals surface area contributed by atoms with Crippen LogP contribution >= 0.6 is 0 Å². The highest BCUT2D eigenvalue weighted by Gasteiger charge is 2.36. The van der Waals surface area contributed by atoms with E-state index in [1.807, 2.05) is 13.8 Å². The third kappa shape index (κ3) is 6.13. The molecule has 1 atom stereocenters. The first-order valence-corrected chi connectivity index (χ1v) is 7.65. The van der Waals surface area contributed by atoms with Crippen LogP contribution in [-0.4, -0.2) is 16.4 Å². The summed E-state index contributed by atoms with van der Waals surface area (Å²) in [5.41, 5.74) is -1.70. The first-order valence-electron chi connectivity index (χ1n) is 6.50. The van der Waals surface area contributed by atoms with Gasteiger partial charge < -0.3 is 0 Å². The van der Waals surface area contributed by atoms with E-state index in [0.717, 1.165) is 12.1 Å². The summed E-state index contributed by atoms with van der Waals surface area (Å²) >= 11 is 0. The van der Waals surface area contributed by atoms with E-state index in [-0.39, 0.29) is 4.90 Å². The molecule has 21 heavy (non-hydrogen) atoms. The van der Waals surface area contributed by atoms with E-state index in [0.29, 0.717) is 5.56 Å². The van der Waals surface area contributed by atoms with Crippen molar-refractivity contribution in [1.82, 2.24) is 4.72 Å².